The number of hydrogen-bond acceptors (Lipinski definition) is 4. The van der Waals surface area contributed by atoms with E-state index in [1.54, 1.807) is 35.1 Å². The molecule has 7 heteroatoms. The van der Waals surface area contributed by atoms with Crippen LogP contribution in [-0.2, 0) is 14.4 Å². The summed E-state index contributed by atoms with van der Waals surface area (Å²) < 4.78 is 23.5. The molecule has 0 saturated heterocycles. The van der Waals surface area contributed by atoms with Gasteiger partial charge in [-0.2, -0.15) is 9.65 Å². The summed E-state index contributed by atoms with van der Waals surface area (Å²) in [5, 5.41) is 4.42. The largest absolute Gasteiger partial charge is 0.324 e. The molecule has 0 aliphatic carbocycles. The van der Waals surface area contributed by atoms with Gasteiger partial charge in [-0.25, -0.2) is 9.50 Å². The van der Waals surface area contributed by atoms with E-state index in [1.807, 2.05) is 43.5 Å². The molecule has 0 fully saturated rings. The van der Waals surface area contributed by atoms with Crippen molar-refractivity contribution >= 4 is 15.9 Å². The predicted octanol–water partition coefficient (Wildman–Crippen LogP) is 4.04. The Balaban J connectivity index is 1.74. The average molecular weight is 393 g/mol. The Morgan fingerprint density at radius 1 is 1.07 bits per heavy atom. The van der Waals surface area contributed by atoms with Gasteiger partial charge in [0.2, 0.25) is 10.2 Å². The van der Waals surface area contributed by atoms with E-state index >= 15 is 0 Å². The van der Waals surface area contributed by atoms with Gasteiger partial charge >= 0.3 is 0 Å². The Hall–Kier alpha value is -2.87. The third-order valence-corrected chi connectivity index (χ3v) is 5.84. The van der Waals surface area contributed by atoms with Gasteiger partial charge in [0.05, 0.1) is 6.20 Å². The Labute approximate surface area is 164 Å². The average Bonchev–Trinajstić information content (AvgIpc) is 3.11. The van der Waals surface area contributed by atoms with Crippen LogP contribution in [-0.4, -0.2) is 25.4 Å². The number of rotatable bonds is 4. The van der Waals surface area contributed by atoms with Gasteiger partial charge in [-0.3, -0.25) is 0 Å². The zero-order chi connectivity index (χ0) is 19.9. The molecule has 142 valence electrons. The fraction of sp³-hybridized carbons (Fsp3) is 0.143. The van der Waals surface area contributed by atoms with E-state index in [0.29, 0.717) is 10.5 Å². The fourth-order valence-corrected chi connectivity index (χ4v) is 3.78. The molecule has 0 amide bonds. The van der Waals surface area contributed by atoms with Crippen LogP contribution in [0.5, 0.6) is 0 Å². The summed E-state index contributed by atoms with van der Waals surface area (Å²) in [6.45, 7) is 1.95. The van der Waals surface area contributed by atoms with Crippen molar-refractivity contribution in [1.29, 1.82) is 0 Å². The lowest BCUT2D eigenvalue weighted by atomic mass is 10.0. The van der Waals surface area contributed by atoms with Crippen LogP contribution in [0.3, 0.4) is 0 Å². The molecule has 2 atom stereocenters. The van der Waals surface area contributed by atoms with E-state index < -0.39 is 10.2 Å². The van der Waals surface area contributed by atoms with Crippen LogP contribution in [0, 0.1) is 0 Å². The first-order chi connectivity index (χ1) is 13.3. The molecular weight excluding hydrogens is 372 g/mol. The van der Waals surface area contributed by atoms with Crippen molar-refractivity contribution in [3.63, 3.8) is 0 Å². The van der Waals surface area contributed by atoms with Crippen molar-refractivity contribution in [2.24, 2.45) is 5.73 Å². The van der Waals surface area contributed by atoms with Crippen LogP contribution < -0.4 is 5.73 Å². The molecule has 0 saturated carbocycles. The summed E-state index contributed by atoms with van der Waals surface area (Å²) in [5.74, 6) is 0. The van der Waals surface area contributed by atoms with Gasteiger partial charge in [0.1, 0.15) is 6.26 Å². The Morgan fingerprint density at radius 2 is 1.82 bits per heavy atom. The van der Waals surface area contributed by atoms with E-state index in [9.17, 15) is 8.76 Å². The molecule has 2 aromatic carbocycles. The lowest BCUT2D eigenvalue weighted by Gasteiger charge is -2.07. The van der Waals surface area contributed by atoms with Crippen molar-refractivity contribution in [3.05, 3.63) is 72.7 Å². The van der Waals surface area contributed by atoms with Crippen LogP contribution in [0.1, 0.15) is 18.5 Å². The first-order valence-corrected chi connectivity index (χ1v) is 10.8. The van der Waals surface area contributed by atoms with Crippen molar-refractivity contribution in [3.8, 4) is 22.3 Å². The standard InChI is InChI=1S/C21H20N4O2S/c1-14(22)15-6-8-16(9-7-15)18-11-23-21-20(12-24-25(21)13-18)17-4-3-5-19(10-17)28(2,26)27/h3-14H,22H2,1-2H3/p+1. The van der Waals surface area contributed by atoms with Gasteiger partial charge < -0.3 is 5.73 Å². The topological polar surface area (TPSA) is 93.5 Å². The van der Waals surface area contributed by atoms with E-state index in [-0.39, 0.29) is 6.04 Å². The number of nitrogens with zero attached hydrogens (tertiary/aromatic N) is 3. The zero-order valence-electron chi connectivity index (χ0n) is 15.6. The van der Waals surface area contributed by atoms with Crippen molar-refractivity contribution < 1.29 is 8.76 Å². The third kappa shape index (κ3) is 3.47. The SMILES string of the molecule is CC(N)c1ccc(-c2cnc3c(-c4cccc([S+](C)(=O)O)c4)cnn3c2)cc1. The molecule has 2 unspecified atom stereocenters. The minimum atomic E-state index is -3.03. The van der Waals surface area contributed by atoms with E-state index in [0.717, 1.165) is 27.8 Å². The van der Waals surface area contributed by atoms with E-state index in [2.05, 4.69) is 10.1 Å². The second-order valence-electron chi connectivity index (χ2n) is 6.91. The quantitative estimate of drug-likeness (QED) is 0.510. The predicted molar refractivity (Wildman–Crippen MR) is 111 cm³/mol. The summed E-state index contributed by atoms with van der Waals surface area (Å²) >= 11 is 0. The highest BCUT2D eigenvalue weighted by Gasteiger charge is 2.22. The third-order valence-electron chi connectivity index (χ3n) is 4.71. The van der Waals surface area contributed by atoms with Crippen LogP contribution in [0.2, 0.25) is 0 Å². The van der Waals surface area contributed by atoms with Crippen LogP contribution in [0.15, 0.2) is 72.0 Å². The number of aromatic nitrogens is 3. The van der Waals surface area contributed by atoms with Crippen LogP contribution >= 0.6 is 0 Å². The van der Waals surface area contributed by atoms with Gasteiger partial charge in [-0.1, -0.05) is 40.6 Å². The first-order valence-electron chi connectivity index (χ1n) is 8.84. The summed E-state index contributed by atoms with van der Waals surface area (Å²) in [7, 11) is -3.03. The highest BCUT2D eigenvalue weighted by molar-refractivity contribution is 7.97. The van der Waals surface area contributed by atoms with Crippen LogP contribution in [0.25, 0.3) is 27.9 Å². The lowest BCUT2D eigenvalue weighted by Crippen LogP contribution is -2.05. The summed E-state index contributed by atoms with van der Waals surface area (Å²) in [5.41, 5.74) is 11.3. The fourth-order valence-electron chi connectivity index (χ4n) is 3.11. The summed E-state index contributed by atoms with van der Waals surface area (Å²) in [6, 6.07) is 15.1. The second kappa shape index (κ2) is 6.94. The Morgan fingerprint density at radius 3 is 2.50 bits per heavy atom. The number of hydrogen-bond donors (Lipinski definition) is 2. The maximum absolute atomic E-state index is 12.0. The van der Waals surface area contributed by atoms with Gasteiger partial charge in [-0.15, -0.1) is 0 Å². The monoisotopic (exact) mass is 393 g/mol. The second-order valence-corrected chi connectivity index (χ2v) is 8.99. The van der Waals surface area contributed by atoms with Crippen molar-refractivity contribution in [2.45, 2.75) is 17.9 Å². The number of benzene rings is 2. The molecule has 6 nitrogen and oxygen atoms in total. The summed E-state index contributed by atoms with van der Waals surface area (Å²) in [4.78, 5) is 4.97. The first kappa shape index (κ1) is 18.5. The Bertz CT molecular complexity index is 1190. The maximum atomic E-state index is 12.0. The molecular formula is C21H21N4O2S+. The lowest BCUT2D eigenvalue weighted by molar-refractivity contribution is 0.503. The van der Waals surface area contributed by atoms with Gasteiger partial charge in [-0.05, 0) is 29.7 Å². The highest BCUT2D eigenvalue weighted by Crippen LogP contribution is 2.28. The molecule has 0 aliphatic heterocycles. The van der Waals surface area contributed by atoms with Gasteiger partial charge in [0.15, 0.2) is 10.5 Å². The maximum Gasteiger partial charge on any atom is 0.244 e. The molecule has 2 aromatic heterocycles. The molecule has 0 radical (unpaired) electrons. The smallest absolute Gasteiger partial charge is 0.244 e. The molecule has 0 bridgehead atoms. The van der Waals surface area contributed by atoms with Crippen LogP contribution in [0.4, 0.5) is 0 Å². The highest BCUT2D eigenvalue weighted by atomic mass is 32.3. The van der Waals surface area contributed by atoms with Crippen molar-refractivity contribution in [1.82, 2.24) is 14.6 Å². The number of nitrogens with two attached hydrogens (primary N) is 1. The molecule has 4 rings (SSSR count). The zero-order valence-corrected chi connectivity index (χ0v) is 16.4. The van der Waals surface area contributed by atoms with Crippen molar-refractivity contribution in [2.75, 3.05) is 6.26 Å². The normalized spacial score (nSPS) is 14.7. The van der Waals surface area contributed by atoms with Gasteiger partial charge in [0, 0.05) is 35.6 Å². The minimum absolute atomic E-state index is 0.00386. The van der Waals surface area contributed by atoms with Gasteiger partial charge in [0.25, 0.3) is 0 Å². The molecule has 28 heavy (non-hydrogen) atoms. The molecule has 0 spiro atoms. The Kier molecular flexibility index (Phi) is 4.58. The van der Waals surface area contributed by atoms with E-state index in [4.69, 9.17) is 5.73 Å². The molecule has 2 heterocycles. The number of fused-ring (bicyclic) bond motifs is 1. The van der Waals surface area contributed by atoms with E-state index in [1.165, 1.54) is 6.26 Å². The minimum Gasteiger partial charge on any atom is -0.324 e. The summed E-state index contributed by atoms with van der Waals surface area (Å²) in [6.07, 6.45) is 6.76. The molecule has 0 aliphatic rings. The molecule has 3 N–H and O–H groups in total. The molecule has 4 aromatic rings.